The van der Waals surface area contributed by atoms with Crippen LogP contribution in [0.4, 0.5) is 6.01 Å². The molecule has 4 rings (SSSR count). The predicted molar refractivity (Wildman–Crippen MR) is 108 cm³/mol. The van der Waals surface area contributed by atoms with Gasteiger partial charge >= 0.3 is 6.01 Å². The molecule has 9 nitrogen and oxygen atoms in total. The topological polar surface area (TPSA) is 109 Å². The number of amides is 1. The van der Waals surface area contributed by atoms with Gasteiger partial charge in [-0.2, -0.15) is 0 Å². The molecule has 1 aliphatic heterocycles. The van der Waals surface area contributed by atoms with Crippen molar-refractivity contribution in [3.05, 3.63) is 42.2 Å². The number of anilines is 1. The monoisotopic (exact) mass is 393 g/mol. The Morgan fingerprint density at radius 2 is 1.83 bits per heavy atom. The molecule has 9 heteroatoms. The highest BCUT2D eigenvalue weighted by Crippen LogP contribution is 2.23. The lowest BCUT2D eigenvalue weighted by Crippen LogP contribution is -2.35. The highest BCUT2D eigenvalue weighted by molar-refractivity contribution is 5.94. The molecular formula is C20H23N7O2. The maximum Gasteiger partial charge on any atom is 0.316 e. The van der Waals surface area contributed by atoms with Gasteiger partial charge in [-0.05, 0) is 38.1 Å². The zero-order chi connectivity index (χ0) is 20.2. The van der Waals surface area contributed by atoms with Gasteiger partial charge in [-0.3, -0.25) is 9.78 Å². The second kappa shape index (κ2) is 8.36. The molecule has 0 radical (unpaired) electrons. The van der Waals surface area contributed by atoms with Gasteiger partial charge in [-0.1, -0.05) is 17.2 Å². The summed E-state index contributed by atoms with van der Waals surface area (Å²) < 4.78 is 5.73. The van der Waals surface area contributed by atoms with Gasteiger partial charge in [-0.15, -0.1) is 5.10 Å². The van der Waals surface area contributed by atoms with Gasteiger partial charge in [0.2, 0.25) is 0 Å². The molecule has 1 saturated heterocycles. The number of piperidine rings is 1. The van der Waals surface area contributed by atoms with Gasteiger partial charge < -0.3 is 20.0 Å². The van der Waals surface area contributed by atoms with E-state index in [1.54, 1.807) is 43.5 Å². The van der Waals surface area contributed by atoms with Crippen molar-refractivity contribution in [2.75, 3.05) is 32.5 Å². The molecule has 3 aromatic rings. The summed E-state index contributed by atoms with van der Waals surface area (Å²) in [4.78, 5) is 22.4. The van der Waals surface area contributed by atoms with Gasteiger partial charge in [0.25, 0.3) is 11.8 Å². The summed E-state index contributed by atoms with van der Waals surface area (Å²) in [5, 5.41) is 14.8. The molecule has 0 atom stereocenters. The van der Waals surface area contributed by atoms with Gasteiger partial charge in [0.1, 0.15) is 5.69 Å². The van der Waals surface area contributed by atoms with Gasteiger partial charge in [0.05, 0.1) is 18.1 Å². The Balaban J connectivity index is 1.51. The summed E-state index contributed by atoms with van der Waals surface area (Å²) >= 11 is 0. The maximum atomic E-state index is 12.0. The van der Waals surface area contributed by atoms with Crippen molar-refractivity contribution in [3.8, 4) is 22.8 Å². The SMILES string of the molecule is CN(C)C(=O)c1ccc(-c2cncc(-c3nnc(NC4CCNCC4)o3)n2)cc1. The minimum atomic E-state index is -0.0454. The van der Waals surface area contributed by atoms with Crippen molar-refractivity contribution in [2.45, 2.75) is 18.9 Å². The number of benzene rings is 1. The Bertz CT molecular complexity index is 979. The largest absolute Gasteiger partial charge is 0.402 e. The van der Waals surface area contributed by atoms with Crippen LogP contribution in [0.1, 0.15) is 23.2 Å². The van der Waals surface area contributed by atoms with Crippen LogP contribution in [0, 0.1) is 0 Å². The molecular weight excluding hydrogens is 370 g/mol. The van der Waals surface area contributed by atoms with Crippen molar-refractivity contribution in [3.63, 3.8) is 0 Å². The van der Waals surface area contributed by atoms with Crippen molar-refractivity contribution < 1.29 is 9.21 Å². The van der Waals surface area contributed by atoms with Crippen molar-refractivity contribution in [1.82, 2.24) is 30.4 Å². The third kappa shape index (κ3) is 4.40. The van der Waals surface area contributed by atoms with E-state index in [9.17, 15) is 4.79 Å². The van der Waals surface area contributed by atoms with Crippen LogP contribution >= 0.6 is 0 Å². The maximum absolute atomic E-state index is 12.0. The van der Waals surface area contributed by atoms with Crippen LogP contribution < -0.4 is 10.6 Å². The van der Waals surface area contributed by atoms with Crippen LogP contribution in [0.3, 0.4) is 0 Å². The standard InChI is InChI=1S/C20H23N7O2/c1-27(2)19(28)14-5-3-13(4-6-14)16-11-22-12-17(24-16)18-25-26-20(29-18)23-15-7-9-21-10-8-15/h3-6,11-12,15,21H,7-10H2,1-2H3,(H,23,26). The summed E-state index contributed by atoms with van der Waals surface area (Å²) in [7, 11) is 3.45. The minimum absolute atomic E-state index is 0.0454. The lowest BCUT2D eigenvalue weighted by Gasteiger charge is -2.22. The zero-order valence-corrected chi connectivity index (χ0v) is 16.4. The summed E-state index contributed by atoms with van der Waals surface area (Å²) in [5.41, 5.74) is 2.63. The van der Waals surface area contributed by atoms with Crippen LogP contribution in [-0.2, 0) is 0 Å². The molecule has 0 spiro atoms. The Morgan fingerprint density at radius 3 is 2.55 bits per heavy atom. The average molecular weight is 393 g/mol. The third-order valence-electron chi connectivity index (χ3n) is 4.78. The van der Waals surface area contributed by atoms with Gasteiger partial charge in [-0.25, -0.2) is 4.98 Å². The Hall–Kier alpha value is -3.33. The molecule has 2 N–H and O–H groups in total. The Morgan fingerprint density at radius 1 is 1.10 bits per heavy atom. The zero-order valence-electron chi connectivity index (χ0n) is 16.4. The van der Waals surface area contributed by atoms with Gasteiger partial charge in [0, 0.05) is 31.3 Å². The number of rotatable bonds is 5. The average Bonchev–Trinajstić information content (AvgIpc) is 3.22. The van der Waals surface area contributed by atoms with E-state index in [4.69, 9.17) is 4.42 Å². The predicted octanol–water partition coefficient (Wildman–Crippen LogP) is 2.06. The number of carbonyl (C=O) groups is 1. The Labute approximate surface area is 168 Å². The molecule has 0 saturated carbocycles. The van der Waals surface area contributed by atoms with E-state index in [1.165, 1.54) is 0 Å². The van der Waals surface area contributed by atoms with E-state index in [0.29, 0.717) is 34.9 Å². The number of aromatic nitrogens is 4. The smallest absolute Gasteiger partial charge is 0.316 e. The second-order valence-electron chi connectivity index (χ2n) is 7.15. The molecule has 29 heavy (non-hydrogen) atoms. The second-order valence-corrected chi connectivity index (χ2v) is 7.15. The molecule has 1 amide bonds. The molecule has 2 aromatic heterocycles. The third-order valence-corrected chi connectivity index (χ3v) is 4.78. The van der Waals surface area contributed by atoms with Crippen molar-refractivity contribution >= 4 is 11.9 Å². The van der Waals surface area contributed by atoms with Crippen LogP contribution in [-0.4, -0.2) is 64.2 Å². The molecule has 0 unspecified atom stereocenters. The van der Waals surface area contributed by atoms with E-state index in [1.807, 2.05) is 12.1 Å². The number of hydrogen-bond donors (Lipinski definition) is 2. The van der Waals surface area contributed by atoms with E-state index < -0.39 is 0 Å². The van der Waals surface area contributed by atoms with Crippen molar-refractivity contribution in [1.29, 1.82) is 0 Å². The lowest BCUT2D eigenvalue weighted by atomic mass is 10.1. The minimum Gasteiger partial charge on any atom is -0.402 e. The fraction of sp³-hybridized carbons (Fsp3) is 0.350. The number of hydrogen-bond acceptors (Lipinski definition) is 8. The fourth-order valence-electron chi connectivity index (χ4n) is 3.18. The summed E-state index contributed by atoms with van der Waals surface area (Å²) in [5.74, 6) is 0.270. The number of carbonyl (C=O) groups excluding carboxylic acids is 1. The van der Waals surface area contributed by atoms with E-state index in [2.05, 4.69) is 30.8 Å². The van der Waals surface area contributed by atoms with E-state index in [0.717, 1.165) is 31.5 Å². The highest BCUT2D eigenvalue weighted by atomic mass is 16.4. The molecule has 0 aliphatic carbocycles. The normalized spacial score (nSPS) is 14.6. The fourth-order valence-corrected chi connectivity index (χ4v) is 3.18. The Kier molecular flexibility index (Phi) is 5.48. The van der Waals surface area contributed by atoms with E-state index in [-0.39, 0.29) is 5.91 Å². The van der Waals surface area contributed by atoms with Gasteiger partial charge in [0.15, 0.2) is 0 Å². The summed E-state index contributed by atoms with van der Waals surface area (Å²) in [6.45, 7) is 1.95. The first kappa shape index (κ1) is 19.0. The lowest BCUT2D eigenvalue weighted by molar-refractivity contribution is 0.0827. The number of nitrogens with one attached hydrogen (secondary N) is 2. The summed E-state index contributed by atoms with van der Waals surface area (Å²) in [6.07, 6.45) is 5.28. The molecule has 0 bridgehead atoms. The molecule has 150 valence electrons. The first-order valence-electron chi connectivity index (χ1n) is 9.55. The molecule has 1 aromatic carbocycles. The number of nitrogens with zero attached hydrogens (tertiary/aromatic N) is 5. The quantitative estimate of drug-likeness (QED) is 0.678. The van der Waals surface area contributed by atoms with Crippen LogP contribution in [0.5, 0.6) is 0 Å². The van der Waals surface area contributed by atoms with Crippen molar-refractivity contribution in [2.24, 2.45) is 0 Å². The first-order valence-corrected chi connectivity index (χ1v) is 9.55. The summed E-state index contributed by atoms with van der Waals surface area (Å²) in [6, 6.07) is 7.97. The molecule has 1 aliphatic rings. The van der Waals surface area contributed by atoms with Crippen LogP contribution in [0.15, 0.2) is 41.1 Å². The first-order chi connectivity index (χ1) is 14.1. The highest BCUT2D eigenvalue weighted by Gasteiger charge is 2.17. The molecule has 3 heterocycles. The van der Waals surface area contributed by atoms with E-state index >= 15 is 0 Å². The molecule has 1 fully saturated rings. The van der Waals surface area contributed by atoms with Crippen LogP contribution in [0.2, 0.25) is 0 Å². The van der Waals surface area contributed by atoms with Crippen LogP contribution in [0.25, 0.3) is 22.8 Å².